The maximum Gasteiger partial charge on any atom is 0.319 e. The van der Waals surface area contributed by atoms with Gasteiger partial charge in [-0.2, -0.15) is 9.97 Å². The van der Waals surface area contributed by atoms with Gasteiger partial charge >= 0.3 is 6.01 Å². The van der Waals surface area contributed by atoms with Gasteiger partial charge < -0.3 is 15.0 Å². The lowest BCUT2D eigenvalue weighted by molar-refractivity contribution is -0.129. The zero-order valence-electron chi connectivity index (χ0n) is 24.0. The molecule has 10 heteroatoms. The Morgan fingerprint density at radius 3 is 2.72 bits per heavy atom. The minimum atomic E-state index is -0.919. The van der Waals surface area contributed by atoms with E-state index in [1.54, 1.807) is 18.2 Å². The molecule has 0 saturated carbocycles. The number of alkyl halides is 1. The molecule has 0 unspecified atom stereocenters. The molecule has 2 saturated heterocycles. The van der Waals surface area contributed by atoms with Crippen molar-refractivity contribution in [3.05, 3.63) is 72.0 Å². The third-order valence-electron chi connectivity index (χ3n) is 8.56. The van der Waals surface area contributed by atoms with E-state index in [9.17, 15) is 9.18 Å². The van der Waals surface area contributed by atoms with Gasteiger partial charge in [-0.3, -0.25) is 9.69 Å². The molecule has 43 heavy (non-hydrogen) atoms. The summed E-state index contributed by atoms with van der Waals surface area (Å²) in [5.41, 5.74) is 1.10. The van der Waals surface area contributed by atoms with Crippen molar-refractivity contribution in [3.63, 3.8) is 0 Å². The van der Waals surface area contributed by atoms with Gasteiger partial charge in [0.05, 0.1) is 0 Å². The molecule has 7 nitrogen and oxygen atoms in total. The summed E-state index contributed by atoms with van der Waals surface area (Å²) < 4.78 is 36.5. The van der Waals surface area contributed by atoms with Gasteiger partial charge in [0.2, 0.25) is 5.91 Å². The lowest BCUT2D eigenvalue weighted by Gasteiger charge is -2.35. The fourth-order valence-electron chi connectivity index (χ4n) is 6.28. The molecule has 3 heterocycles. The van der Waals surface area contributed by atoms with Crippen LogP contribution in [0.25, 0.3) is 32.8 Å². The van der Waals surface area contributed by atoms with E-state index >= 15 is 4.39 Å². The van der Waals surface area contributed by atoms with Gasteiger partial charge in [-0.15, -0.1) is 0 Å². The summed E-state index contributed by atoms with van der Waals surface area (Å²) in [6.45, 7) is 5.24. The highest BCUT2D eigenvalue weighted by Gasteiger charge is 2.30. The number of nitrogens with one attached hydrogen (secondary N) is 1. The Bertz CT molecular complexity index is 1680. The van der Waals surface area contributed by atoms with Crippen molar-refractivity contribution in [1.29, 1.82) is 0 Å². The molecule has 0 radical (unpaired) electrons. The molecule has 0 aliphatic carbocycles. The Morgan fingerprint density at radius 2 is 1.95 bits per heavy atom. The van der Waals surface area contributed by atoms with Crippen molar-refractivity contribution in [3.8, 4) is 17.1 Å². The largest absolute Gasteiger partial charge is 0.462 e. The molecule has 3 atom stereocenters. The minimum absolute atomic E-state index is 0.000350. The Kier molecular flexibility index (Phi) is 8.45. The summed E-state index contributed by atoms with van der Waals surface area (Å²) in [7, 11) is 1.85. The van der Waals surface area contributed by atoms with Gasteiger partial charge in [0, 0.05) is 53.1 Å². The van der Waals surface area contributed by atoms with Crippen LogP contribution in [0.4, 0.5) is 14.6 Å². The number of ether oxygens (including phenoxy) is 1. The van der Waals surface area contributed by atoms with E-state index in [0.29, 0.717) is 53.4 Å². The third-order valence-corrected chi connectivity index (χ3v) is 8.88. The number of hydrogen-bond acceptors (Lipinski definition) is 6. The first kappa shape index (κ1) is 29.3. The fourth-order valence-corrected chi connectivity index (χ4v) is 6.56. The molecule has 3 aromatic carbocycles. The first-order valence-corrected chi connectivity index (χ1v) is 15.0. The van der Waals surface area contributed by atoms with E-state index < -0.39 is 12.0 Å². The van der Waals surface area contributed by atoms with Gasteiger partial charge in [-0.05, 0) is 61.9 Å². The van der Waals surface area contributed by atoms with Gasteiger partial charge in [-0.25, -0.2) is 8.78 Å². The number of likely N-dealkylation sites (N-methyl/N-ethyl adjacent to an activating group) is 1. The molecule has 1 amide bonds. The highest BCUT2D eigenvalue weighted by molar-refractivity contribution is 6.36. The maximum atomic E-state index is 16.5. The Hall–Kier alpha value is -3.82. The number of nitrogens with zero attached hydrogens (tertiary/aromatic N) is 4. The van der Waals surface area contributed by atoms with Crippen LogP contribution in [0, 0.1) is 5.82 Å². The molecule has 0 bridgehead atoms. The standard InChI is InChI=1S/C33H34ClF2N5O2/c1-3-28(42)41-15-5-4-10-22(41)17-37-32-26-14-13-25(24-11-6-8-20-9-7-12-27(34)29(20)24)30(36)31(26)38-33(39-32)43-19-23-16-21(35)18-40(23)2/h3,6-9,11-14,21-23H,1,4-5,10,15-19H2,2H3,(H,37,38,39)/t21-,22+,23+/m1/s1. The molecule has 0 spiro atoms. The Morgan fingerprint density at radius 1 is 1.14 bits per heavy atom. The molecular weight excluding hydrogens is 572 g/mol. The van der Waals surface area contributed by atoms with Crippen molar-refractivity contribution < 1.29 is 18.3 Å². The van der Waals surface area contributed by atoms with Crippen LogP contribution in [0.2, 0.25) is 5.02 Å². The number of benzene rings is 3. The first-order chi connectivity index (χ1) is 20.8. The second kappa shape index (κ2) is 12.4. The average molecular weight is 606 g/mol. The summed E-state index contributed by atoms with van der Waals surface area (Å²) in [5, 5.41) is 6.02. The highest BCUT2D eigenvalue weighted by atomic mass is 35.5. The molecule has 4 aromatic rings. The number of fused-ring (bicyclic) bond motifs is 2. The monoisotopic (exact) mass is 605 g/mol. The van der Waals surface area contributed by atoms with E-state index in [-0.39, 0.29) is 36.1 Å². The van der Waals surface area contributed by atoms with Crippen LogP contribution < -0.4 is 10.1 Å². The summed E-state index contributed by atoms with van der Waals surface area (Å²) in [6.07, 6.45) is 3.54. The number of rotatable bonds is 8. The van der Waals surface area contributed by atoms with Crippen LogP contribution in [-0.4, -0.2) is 77.2 Å². The third kappa shape index (κ3) is 5.88. The summed E-state index contributed by atoms with van der Waals surface area (Å²) in [5.74, 6) is -0.233. The lowest BCUT2D eigenvalue weighted by atomic mass is 9.96. The zero-order valence-corrected chi connectivity index (χ0v) is 24.8. The Labute approximate surface area is 254 Å². The smallest absolute Gasteiger partial charge is 0.319 e. The molecule has 224 valence electrons. The van der Waals surface area contributed by atoms with Gasteiger partial charge in [0.25, 0.3) is 0 Å². The number of hydrogen-bond donors (Lipinski definition) is 1. The number of aromatic nitrogens is 2. The molecular formula is C33H34ClF2N5O2. The summed E-state index contributed by atoms with van der Waals surface area (Å²) in [6, 6.07) is 14.5. The Balaban J connectivity index is 1.39. The number of anilines is 1. The summed E-state index contributed by atoms with van der Waals surface area (Å²) in [4.78, 5) is 25.3. The number of carbonyl (C=O) groups excluding carboxylic acids is 1. The maximum absolute atomic E-state index is 16.5. The number of halogens is 3. The normalized spacial score (nSPS) is 20.9. The van der Waals surface area contributed by atoms with E-state index in [2.05, 4.69) is 21.9 Å². The lowest BCUT2D eigenvalue weighted by Crippen LogP contribution is -2.46. The van der Waals surface area contributed by atoms with E-state index in [1.807, 2.05) is 47.2 Å². The SMILES string of the molecule is C=CC(=O)N1CCCC[C@H]1CNc1nc(OC[C@@H]2C[C@@H](F)CN2C)nc2c(F)c(-c3cccc4cccc(Cl)c34)ccc12. The highest BCUT2D eigenvalue weighted by Crippen LogP contribution is 2.38. The molecule has 6 rings (SSSR count). The molecule has 1 aromatic heterocycles. The van der Waals surface area contributed by atoms with Crippen molar-refractivity contribution in [2.45, 2.75) is 43.9 Å². The minimum Gasteiger partial charge on any atom is -0.462 e. The van der Waals surface area contributed by atoms with E-state index in [0.717, 1.165) is 30.0 Å². The molecule has 2 aliphatic rings. The van der Waals surface area contributed by atoms with Crippen LogP contribution in [0.15, 0.2) is 61.2 Å². The van der Waals surface area contributed by atoms with Crippen LogP contribution in [0.3, 0.4) is 0 Å². The van der Waals surface area contributed by atoms with E-state index in [4.69, 9.17) is 16.3 Å². The molecule has 2 aliphatic heterocycles. The predicted molar refractivity (Wildman–Crippen MR) is 167 cm³/mol. The second-order valence-corrected chi connectivity index (χ2v) is 11.7. The van der Waals surface area contributed by atoms with Crippen molar-refractivity contribution in [1.82, 2.24) is 19.8 Å². The van der Waals surface area contributed by atoms with Crippen LogP contribution in [0.5, 0.6) is 6.01 Å². The molecule has 1 N–H and O–H groups in total. The summed E-state index contributed by atoms with van der Waals surface area (Å²) >= 11 is 6.58. The number of amides is 1. The predicted octanol–water partition coefficient (Wildman–Crippen LogP) is 6.64. The van der Waals surface area contributed by atoms with Gasteiger partial charge in [0.1, 0.15) is 24.1 Å². The average Bonchev–Trinajstić information content (AvgIpc) is 3.35. The van der Waals surface area contributed by atoms with E-state index in [1.165, 1.54) is 6.08 Å². The number of likely N-dealkylation sites (tertiary alicyclic amines) is 2. The van der Waals surface area contributed by atoms with Crippen molar-refractivity contribution >= 4 is 45.0 Å². The number of carbonyl (C=O) groups is 1. The van der Waals surface area contributed by atoms with Crippen LogP contribution in [0.1, 0.15) is 25.7 Å². The van der Waals surface area contributed by atoms with Crippen LogP contribution >= 0.6 is 11.6 Å². The topological polar surface area (TPSA) is 70.6 Å². The van der Waals surface area contributed by atoms with Gasteiger partial charge in [0.15, 0.2) is 5.82 Å². The number of piperidine rings is 1. The van der Waals surface area contributed by atoms with Crippen molar-refractivity contribution in [2.24, 2.45) is 0 Å². The first-order valence-electron chi connectivity index (χ1n) is 14.7. The quantitative estimate of drug-likeness (QED) is 0.227. The van der Waals surface area contributed by atoms with Crippen LogP contribution in [-0.2, 0) is 4.79 Å². The van der Waals surface area contributed by atoms with Crippen molar-refractivity contribution in [2.75, 3.05) is 38.6 Å². The van der Waals surface area contributed by atoms with Gasteiger partial charge in [-0.1, -0.05) is 54.6 Å². The fraction of sp³-hybridized carbons (Fsp3) is 0.364. The second-order valence-electron chi connectivity index (χ2n) is 11.3. The molecule has 2 fully saturated rings. The zero-order chi connectivity index (χ0) is 30.1.